The van der Waals surface area contributed by atoms with Crippen molar-refractivity contribution in [3.05, 3.63) is 30.3 Å². The summed E-state index contributed by atoms with van der Waals surface area (Å²) in [7, 11) is 0. The van der Waals surface area contributed by atoms with Gasteiger partial charge in [0.2, 0.25) is 0 Å². The molecule has 0 radical (unpaired) electrons. The van der Waals surface area contributed by atoms with Gasteiger partial charge < -0.3 is 4.74 Å². The van der Waals surface area contributed by atoms with Crippen LogP contribution >= 0.6 is 11.8 Å². The maximum Gasteiger partial charge on any atom is 0.119 e. The highest BCUT2D eigenvalue weighted by Crippen LogP contribution is 2.24. The van der Waals surface area contributed by atoms with Gasteiger partial charge in [0.1, 0.15) is 5.75 Å². The number of hydrogen-bond donors (Lipinski definition) is 0. The van der Waals surface area contributed by atoms with Crippen molar-refractivity contribution in [2.24, 2.45) is 0 Å². The van der Waals surface area contributed by atoms with Crippen molar-refractivity contribution in [3.8, 4) is 5.75 Å². The summed E-state index contributed by atoms with van der Waals surface area (Å²) in [6, 6.07) is 10.0. The van der Waals surface area contributed by atoms with E-state index in [1.165, 1.54) is 12.2 Å². The zero-order chi connectivity index (χ0) is 11.9. The van der Waals surface area contributed by atoms with Crippen LogP contribution in [-0.2, 0) is 0 Å². The fourth-order valence-electron chi connectivity index (χ4n) is 1.29. The Bertz CT molecular complexity index is 277. The molecule has 0 aliphatic heterocycles. The predicted octanol–water partition coefficient (Wildman–Crippen LogP) is 4.38. The van der Waals surface area contributed by atoms with E-state index in [1.807, 2.05) is 42.1 Å². The van der Waals surface area contributed by atoms with Gasteiger partial charge in [-0.25, -0.2) is 0 Å². The Morgan fingerprint density at radius 3 is 2.38 bits per heavy atom. The fourth-order valence-corrected chi connectivity index (χ4v) is 2.25. The van der Waals surface area contributed by atoms with E-state index in [-0.39, 0.29) is 0 Å². The van der Waals surface area contributed by atoms with Gasteiger partial charge in [-0.2, -0.15) is 11.8 Å². The van der Waals surface area contributed by atoms with Crippen molar-refractivity contribution >= 4 is 11.8 Å². The first kappa shape index (κ1) is 13.4. The summed E-state index contributed by atoms with van der Waals surface area (Å²) in [4.78, 5) is 0. The van der Waals surface area contributed by atoms with Crippen molar-refractivity contribution in [1.82, 2.24) is 0 Å². The van der Waals surface area contributed by atoms with E-state index >= 15 is 0 Å². The lowest BCUT2D eigenvalue weighted by Crippen LogP contribution is -2.08. The van der Waals surface area contributed by atoms with Crippen molar-refractivity contribution in [1.29, 1.82) is 0 Å². The van der Waals surface area contributed by atoms with Crippen molar-refractivity contribution in [2.45, 2.75) is 38.4 Å². The minimum atomic E-state index is 0.389. The highest BCUT2D eigenvalue weighted by molar-refractivity contribution is 8.00. The molecule has 1 nitrogen and oxygen atoms in total. The summed E-state index contributed by atoms with van der Waals surface area (Å²) in [6.07, 6.45) is 2.37. The van der Waals surface area contributed by atoms with Crippen LogP contribution in [0.5, 0.6) is 5.75 Å². The first-order valence-electron chi connectivity index (χ1n) is 5.90. The molecular formula is C14H22OS. The first-order chi connectivity index (χ1) is 7.58. The summed E-state index contributed by atoms with van der Waals surface area (Å²) < 4.78 is 6.02. The summed E-state index contributed by atoms with van der Waals surface area (Å²) in [5, 5.41) is 0. The number of unbranched alkanes of at least 4 members (excludes halogenated alkanes) is 1. The molecule has 0 saturated carbocycles. The zero-order valence-corrected chi connectivity index (χ0v) is 11.3. The molecule has 1 rings (SSSR count). The summed E-state index contributed by atoms with van der Waals surface area (Å²) in [6.45, 7) is 7.61. The number of rotatable bonds is 6. The van der Waals surface area contributed by atoms with Gasteiger partial charge in [-0.15, -0.1) is 0 Å². The van der Waals surface area contributed by atoms with E-state index in [0.29, 0.717) is 4.75 Å². The Balaban J connectivity index is 2.01. The summed E-state index contributed by atoms with van der Waals surface area (Å²) >= 11 is 2.02. The molecule has 2 heteroatoms. The quantitative estimate of drug-likeness (QED) is 0.680. The van der Waals surface area contributed by atoms with E-state index in [4.69, 9.17) is 4.74 Å². The van der Waals surface area contributed by atoms with Crippen LogP contribution in [0.15, 0.2) is 30.3 Å². The van der Waals surface area contributed by atoms with Crippen LogP contribution in [0, 0.1) is 0 Å². The lowest BCUT2D eigenvalue weighted by atomic mass is 10.3. The molecular weight excluding hydrogens is 216 g/mol. The van der Waals surface area contributed by atoms with Gasteiger partial charge in [0, 0.05) is 4.75 Å². The second-order valence-corrected chi connectivity index (χ2v) is 6.75. The normalized spacial score (nSPS) is 11.4. The number of thioether (sulfide) groups is 1. The highest BCUT2D eigenvalue weighted by Gasteiger charge is 2.09. The molecule has 0 aliphatic rings. The molecule has 0 aromatic heterocycles. The van der Waals surface area contributed by atoms with E-state index < -0.39 is 0 Å². The van der Waals surface area contributed by atoms with Crippen molar-refractivity contribution < 1.29 is 4.74 Å². The molecule has 1 aromatic rings. The van der Waals surface area contributed by atoms with Gasteiger partial charge in [-0.05, 0) is 30.7 Å². The Hall–Kier alpha value is -0.630. The average Bonchev–Trinajstić information content (AvgIpc) is 2.23. The third-order valence-corrected chi connectivity index (χ3v) is 3.44. The first-order valence-corrected chi connectivity index (χ1v) is 6.88. The minimum absolute atomic E-state index is 0.389. The molecule has 0 atom stereocenters. The van der Waals surface area contributed by atoms with Crippen LogP contribution in [0.3, 0.4) is 0 Å². The number of para-hydroxylation sites is 1. The van der Waals surface area contributed by atoms with E-state index in [1.54, 1.807) is 0 Å². The van der Waals surface area contributed by atoms with Crippen molar-refractivity contribution in [2.75, 3.05) is 12.4 Å². The highest BCUT2D eigenvalue weighted by atomic mass is 32.2. The van der Waals surface area contributed by atoms with E-state index in [9.17, 15) is 0 Å². The molecule has 16 heavy (non-hydrogen) atoms. The molecule has 0 heterocycles. The second kappa shape index (κ2) is 6.85. The third kappa shape index (κ3) is 6.78. The van der Waals surface area contributed by atoms with Crippen LogP contribution in [0.4, 0.5) is 0 Å². The van der Waals surface area contributed by atoms with E-state index in [0.717, 1.165) is 18.8 Å². The number of ether oxygens (including phenoxy) is 1. The topological polar surface area (TPSA) is 9.23 Å². The molecule has 0 saturated heterocycles. The molecule has 1 aromatic carbocycles. The van der Waals surface area contributed by atoms with Gasteiger partial charge in [-0.3, -0.25) is 0 Å². The Morgan fingerprint density at radius 1 is 1.06 bits per heavy atom. The lowest BCUT2D eigenvalue weighted by molar-refractivity contribution is 0.310. The molecule has 0 spiro atoms. The number of hydrogen-bond acceptors (Lipinski definition) is 2. The second-order valence-electron chi connectivity index (χ2n) is 4.83. The smallest absolute Gasteiger partial charge is 0.119 e. The third-order valence-electron chi connectivity index (χ3n) is 2.09. The molecule has 0 unspecified atom stereocenters. The monoisotopic (exact) mass is 238 g/mol. The largest absolute Gasteiger partial charge is 0.494 e. The van der Waals surface area contributed by atoms with Gasteiger partial charge >= 0.3 is 0 Å². The Labute approximate surface area is 104 Å². The number of benzene rings is 1. The van der Waals surface area contributed by atoms with Crippen LogP contribution in [0.2, 0.25) is 0 Å². The summed E-state index contributed by atoms with van der Waals surface area (Å²) in [5.74, 6) is 2.20. The maximum absolute atomic E-state index is 5.63. The predicted molar refractivity (Wildman–Crippen MR) is 73.4 cm³/mol. The Kier molecular flexibility index (Phi) is 5.75. The van der Waals surface area contributed by atoms with Crippen LogP contribution < -0.4 is 4.74 Å². The average molecular weight is 238 g/mol. The van der Waals surface area contributed by atoms with Gasteiger partial charge in [0.05, 0.1) is 6.61 Å². The zero-order valence-electron chi connectivity index (χ0n) is 10.5. The van der Waals surface area contributed by atoms with Crippen LogP contribution in [-0.4, -0.2) is 17.1 Å². The Morgan fingerprint density at radius 2 is 1.75 bits per heavy atom. The van der Waals surface area contributed by atoms with Crippen LogP contribution in [0.25, 0.3) is 0 Å². The molecule has 0 bridgehead atoms. The maximum atomic E-state index is 5.63. The molecule has 0 aliphatic carbocycles. The molecule has 90 valence electrons. The minimum Gasteiger partial charge on any atom is -0.494 e. The molecule has 0 N–H and O–H groups in total. The summed E-state index contributed by atoms with van der Waals surface area (Å²) in [5.41, 5.74) is 0. The molecule has 0 amide bonds. The molecule has 0 fully saturated rings. The fraction of sp³-hybridized carbons (Fsp3) is 0.571. The lowest BCUT2D eigenvalue weighted by Gasteiger charge is -2.17. The standard InChI is InChI=1S/C14H22OS/c1-14(2,3)16-12-8-7-11-15-13-9-5-4-6-10-13/h4-6,9-10H,7-8,11-12H2,1-3H3. The van der Waals surface area contributed by atoms with Crippen LogP contribution in [0.1, 0.15) is 33.6 Å². The van der Waals surface area contributed by atoms with E-state index in [2.05, 4.69) is 20.8 Å². The van der Waals surface area contributed by atoms with Gasteiger partial charge in [0.15, 0.2) is 0 Å². The van der Waals surface area contributed by atoms with Gasteiger partial charge in [-0.1, -0.05) is 39.0 Å². The van der Waals surface area contributed by atoms with Gasteiger partial charge in [0.25, 0.3) is 0 Å². The van der Waals surface area contributed by atoms with Crippen molar-refractivity contribution in [3.63, 3.8) is 0 Å². The SMILES string of the molecule is CC(C)(C)SCCCCOc1ccccc1.